The van der Waals surface area contributed by atoms with Crippen LogP contribution in [0.4, 0.5) is 16.2 Å². The van der Waals surface area contributed by atoms with Crippen LogP contribution >= 0.6 is 43.5 Å². The third-order valence-electron chi connectivity index (χ3n) is 7.97. The fourth-order valence-corrected chi connectivity index (χ4v) is 6.83. The van der Waals surface area contributed by atoms with Gasteiger partial charge in [-0.2, -0.15) is 0 Å². The van der Waals surface area contributed by atoms with E-state index in [4.69, 9.17) is 22.1 Å². The van der Waals surface area contributed by atoms with Crippen molar-refractivity contribution in [3.05, 3.63) is 85.8 Å². The van der Waals surface area contributed by atoms with E-state index in [1.807, 2.05) is 29.2 Å². The molecule has 1 atom stereocenters. The first-order chi connectivity index (χ1) is 21.6. The van der Waals surface area contributed by atoms with Gasteiger partial charge in [0.15, 0.2) is 12.4 Å². The molecule has 10 nitrogen and oxygen atoms in total. The number of nitrogens with zero attached hydrogens (tertiary/aromatic N) is 2. The highest BCUT2D eigenvalue weighted by Crippen LogP contribution is 2.30. The second-order valence-corrected chi connectivity index (χ2v) is 13.1. The maximum Gasteiger partial charge on any atom is 0.322 e. The topological polar surface area (TPSA) is 134 Å². The van der Waals surface area contributed by atoms with Crippen LogP contribution in [0.2, 0.25) is 5.02 Å². The van der Waals surface area contributed by atoms with Gasteiger partial charge in [-0.25, -0.2) is 4.79 Å². The highest BCUT2D eigenvalue weighted by atomic mass is 79.9. The zero-order valence-electron chi connectivity index (χ0n) is 24.2. The Hall–Kier alpha value is -3.61. The van der Waals surface area contributed by atoms with Crippen molar-refractivity contribution in [3.8, 4) is 5.75 Å². The molecule has 1 saturated heterocycles. The fourth-order valence-electron chi connectivity index (χ4n) is 5.52. The molecule has 1 fully saturated rings. The predicted molar refractivity (Wildman–Crippen MR) is 180 cm³/mol. The Morgan fingerprint density at radius 3 is 2.38 bits per heavy atom. The van der Waals surface area contributed by atoms with E-state index in [9.17, 15) is 19.2 Å². The largest absolute Gasteiger partial charge is 0.484 e. The second kappa shape index (κ2) is 14.7. The van der Waals surface area contributed by atoms with Crippen molar-refractivity contribution in [1.29, 1.82) is 0 Å². The first-order valence-electron chi connectivity index (χ1n) is 14.5. The number of nitrogens with one attached hydrogen (secondary N) is 2. The summed E-state index contributed by atoms with van der Waals surface area (Å²) in [4.78, 5) is 56.7. The second-order valence-electron chi connectivity index (χ2n) is 10.9. The van der Waals surface area contributed by atoms with Crippen LogP contribution in [-0.2, 0) is 16.0 Å². The molecule has 0 bridgehead atoms. The third kappa shape index (κ3) is 8.16. The molecular formula is C32H32Br2ClN5O5. The minimum absolute atomic E-state index is 0.0460. The Bertz CT molecular complexity index is 1570. The number of nitrogen functional groups attached to an aromatic ring is 1. The van der Waals surface area contributed by atoms with Crippen molar-refractivity contribution in [1.82, 2.24) is 15.1 Å². The lowest BCUT2D eigenvalue weighted by Gasteiger charge is -2.39. The van der Waals surface area contributed by atoms with Crippen molar-refractivity contribution in [2.75, 3.05) is 37.3 Å². The van der Waals surface area contributed by atoms with Crippen molar-refractivity contribution in [2.45, 2.75) is 37.8 Å². The van der Waals surface area contributed by atoms with Crippen LogP contribution in [0.5, 0.6) is 5.75 Å². The van der Waals surface area contributed by atoms with E-state index >= 15 is 0 Å². The number of carbonyl (C=O) groups is 4. The molecule has 5 rings (SSSR count). The summed E-state index contributed by atoms with van der Waals surface area (Å²) in [6.07, 6.45) is 1.62. The van der Waals surface area contributed by atoms with E-state index in [1.54, 1.807) is 41.3 Å². The number of halogens is 3. The minimum Gasteiger partial charge on any atom is -0.484 e. The molecule has 13 heteroatoms. The van der Waals surface area contributed by atoms with Gasteiger partial charge in [0.05, 0.1) is 5.69 Å². The molecule has 3 aromatic rings. The number of ether oxygens (including phenoxy) is 1. The summed E-state index contributed by atoms with van der Waals surface area (Å²) in [6, 6.07) is 16.2. The molecule has 45 heavy (non-hydrogen) atoms. The smallest absolute Gasteiger partial charge is 0.322 e. The molecule has 3 aromatic carbocycles. The van der Waals surface area contributed by atoms with Gasteiger partial charge in [0.1, 0.15) is 11.8 Å². The molecule has 236 valence electrons. The zero-order valence-corrected chi connectivity index (χ0v) is 28.2. The standard InChI is InChI=1S/C32H32Br2ClN5O5/c33-24-15-20(16-25(34)30(24)36)28(41)17-27(37-29(42)18-45-23-7-5-21(35)6-8-23)31(43)39-12-10-22(11-13-39)40-14-9-19-3-1-2-4-26(19)38-32(40)44/h1-8,15-16,22,27H,9-14,17-18,36H2,(H,37,42)(H,38,44)/t27-/m0/s1. The molecule has 0 aliphatic carbocycles. The van der Waals surface area contributed by atoms with Gasteiger partial charge in [0.25, 0.3) is 5.91 Å². The van der Waals surface area contributed by atoms with E-state index in [0.29, 0.717) is 63.4 Å². The number of urea groups is 1. The van der Waals surface area contributed by atoms with Crippen LogP contribution in [0.1, 0.15) is 35.2 Å². The molecule has 0 unspecified atom stereocenters. The normalized spacial score (nSPS) is 15.8. The SMILES string of the molecule is Nc1c(Br)cc(C(=O)C[C@H](NC(=O)COc2ccc(Cl)cc2)C(=O)N2CCC(N3CCc4ccccc4NC3=O)CC2)cc1Br. The summed E-state index contributed by atoms with van der Waals surface area (Å²) in [5.41, 5.74) is 8.67. The van der Waals surface area contributed by atoms with Gasteiger partial charge >= 0.3 is 6.03 Å². The van der Waals surface area contributed by atoms with Gasteiger partial charge in [-0.1, -0.05) is 29.8 Å². The summed E-state index contributed by atoms with van der Waals surface area (Å²) in [5.74, 6) is -0.827. The summed E-state index contributed by atoms with van der Waals surface area (Å²) < 4.78 is 6.62. The Morgan fingerprint density at radius 1 is 1.02 bits per heavy atom. The van der Waals surface area contributed by atoms with Gasteiger partial charge in [-0.05, 0) is 99.2 Å². The molecule has 0 saturated carbocycles. The lowest BCUT2D eigenvalue weighted by atomic mass is 9.99. The molecule has 0 radical (unpaired) electrons. The number of piperidine rings is 1. The number of anilines is 2. The molecule has 0 spiro atoms. The van der Waals surface area contributed by atoms with E-state index in [0.717, 1.165) is 17.7 Å². The Balaban J connectivity index is 1.25. The summed E-state index contributed by atoms with van der Waals surface area (Å²) >= 11 is 12.6. The minimum atomic E-state index is -1.12. The van der Waals surface area contributed by atoms with E-state index < -0.39 is 11.9 Å². The molecule has 0 aromatic heterocycles. The summed E-state index contributed by atoms with van der Waals surface area (Å²) in [5, 5.41) is 6.25. The van der Waals surface area contributed by atoms with E-state index in [1.165, 1.54) is 0 Å². The molecule has 2 heterocycles. The maximum atomic E-state index is 13.8. The number of Topliss-reactive ketones (excluding diaryl/α,β-unsaturated/α-hetero) is 1. The van der Waals surface area contributed by atoms with Gasteiger partial charge in [0.2, 0.25) is 5.91 Å². The number of fused-ring (bicyclic) bond motifs is 1. The lowest BCUT2D eigenvalue weighted by molar-refractivity contribution is -0.138. The Labute approximate surface area is 282 Å². The van der Waals surface area contributed by atoms with Gasteiger partial charge in [0, 0.05) is 57.3 Å². The van der Waals surface area contributed by atoms with Crippen molar-refractivity contribution in [2.24, 2.45) is 0 Å². The highest BCUT2D eigenvalue weighted by molar-refractivity contribution is 9.11. The first-order valence-corrected chi connectivity index (χ1v) is 16.4. The first kappa shape index (κ1) is 32.8. The van der Waals surface area contributed by atoms with Gasteiger partial charge in [-0.3, -0.25) is 14.4 Å². The number of nitrogens with two attached hydrogens (primary N) is 1. The average Bonchev–Trinajstić information content (AvgIpc) is 3.20. The van der Waals surface area contributed by atoms with Crippen LogP contribution in [-0.4, -0.2) is 71.8 Å². The summed E-state index contributed by atoms with van der Waals surface area (Å²) in [6.45, 7) is 0.976. The number of benzene rings is 3. The van der Waals surface area contributed by atoms with Gasteiger partial charge in [-0.15, -0.1) is 0 Å². The molecular weight excluding hydrogens is 730 g/mol. The number of hydrogen-bond donors (Lipinski definition) is 3. The third-order valence-corrected chi connectivity index (χ3v) is 9.53. The van der Waals surface area contributed by atoms with E-state index in [-0.39, 0.29) is 36.8 Å². The summed E-state index contributed by atoms with van der Waals surface area (Å²) in [7, 11) is 0. The van der Waals surface area contributed by atoms with Crippen LogP contribution in [0.15, 0.2) is 69.6 Å². The number of carbonyl (C=O) groups excluding carboxylic acids is 4. The number of amides is 4. The zero-order chi connectivity index (χ0) is 32.1. The van der Waals surface area contributed by atoms with Crippen LogP contribution < -0.4 is 21.1 Å². The Morgan fingerprint density at radius 2 is 1.69 bits per heavy atom. The van der Waals surface area contributed by atoms with E-state index in [2.05, 4.69) is 42.5 Å². The quantitative estimate of drug-likeness (QED) is 0.190. The molecule has 4 N–H and O–H groups in total. The monoisotopic (exact) mass is 759 g/mol. The number of para-hydroxylation sites is 1. The highest BCUT2D eigenvalue weighted by Gasteiger charge is 2.35. The predicted octanol–water partition coefficient (Wildman–Crippen LogP) is 5.67. The van der Waals surface area contributed by atoms with Crippen molar-refractivity contribution in [3.63, 3.8) is 0 Å². The van der Waals surface area contributed by atoms with Crippen LogP contribution in [0.3, 0.4) is 0 Å². The van der Waals surface area contributed by atoms with Crippen LogP contribution in [0.25, 0.3) is 0 Å². The number of rotatable bonds is 9. The molecule has 4 amide bonds. The maximum absolute atomic E-state index is 13.8. The van der Waals surface area contributed by atoms with Crippen LogP contribution in [0, 0.1) is 0 Å². The lowest BCUT2D eigenvalue weighted by Crippen LogP contribution is -2.55. The average molecular weight is 762 g/mol. The number of hydrogen-bond acceptors (Lipinski definition) is 6. The fraction of sp³-hybridized carbons (Fsp3) is 0.312. The molecule has 2 aliphatic heterocycles. The molecule has 2 aliphatic rings. The van der Waals surface area contributed by atoms with Gasteiger partial charge < -0.3 is 30.9 Å². The van der Waals surface area contributed by atoms with Crippen molar-refractivity contribution < 1.29 is 23.9 Å². The Kier molecular flexibility index (Phi) is 10.7. The number of likely N-dealkylation sites (tertiary alicyclic amines) is 1. The van der Waals surface area contributed by atoms with Crippen molar-refractivity contribution >= 4 is 78.5 Å². The number of ketones is 1.